The first kappa shape index (κ1) is 17.7. The molecule has 2 N–H and O–H groups in total. The first-order valence-corrected chi connectivity index (χ1v) is 9.79. The lowest BCUT2D eigenvalue weighted by molar-refractivity contribution is -0.121. The topological polar surface area (TPSA) is 49.3 Å². The van der Waals surface area contributed by atoms with Gasteiger partial charge in [-0.05, 0) is 40.8 Å². The van der Waals surface area contributed by atoms with E-state index in [1.165, 1.54) is 0 Å². The Bertz CT molecular complexity index is 1080. The third-order valence-electron chi connectivity index (χ3n) is 4.82. The number of amides is 1. The zero-order chi connectivity index (χ0) is 18.9. The van der Waals surface area contributed by atoms with Gasteiger partial charge in [-0.15, -0.1) is 11.3 Å². The lowest BCUT2D eigenvalue weighted by Crippen LogP contribution is -2.38. The average Bonchev–Trinajstić information content (AvgIpc) is 3.12. The standard InChI is InChI=1S/C23H21NO2S/c1-23(26,21-13-18-8-3-5-12-20(18)27-21)15-24-22(25)14-17-10-6-9-16-7-2-4-11-19(16)17/h2-13,26H,14-15H2,1H3,(H,24,25). The van der Waals surface area contributed by atoms with Gasteiger partial charge in [0.2, 0.25) is 5.91 Å². The molecule has 4 aromatic rings. The molecule has 1 atom stereocenters. The van der Waals surface area contributed by atoms with Gasteiger partial charge in [0.05, 0.1) is 13.0 Å². The van der Waals surface area contributed by atoms with Gasteiger partial charge >= 0.3 is 0 Å². The maximum absolute atomic E-state index is 12.5. The van der Waals surface area contributed by atoms with Crippen molar-refractivity contribution in [3.8, 4) is 0 Å². The molecule has 0 aliphatic heterocycles. The number of aliphatic hydroxyl groups is 1. The first-order valence-electron chi connectivity index (χ1n) is 8.98. The third-order valence-corrected chi connectivity index (χ3v) is 6.19. The van der Waals surface area contributed by atoms with E-state index in [1.54, 1.807) is 18.3 Å². The van der Waals surface area contributed by atoms with Crippen LogP contribution in [0.3, 0.4) is 0 Å². The Hall–Kier alpha value is -2.69. The Balaban J connectivity index is 1.46. The quantitative estimate of drug-likeness (QED) is 0.535. The molecule has 1 amide bonds. The van der Waals surface area contributed by atoms with Crippen LogP contribution in [-0.4, -0.2) is 17.6 Å². The molecule has 3 aromatic carbocycles. The van der Waals surface area contributed by atoms with Crippen molar-refractivity contribution in [3.05, 3.63) is 83.2 Å². The van der Waals surface area contributed by atoms with Crippen LogP contribution in [0, 0.1) is 0 Å². The molecule has 0 bridgehead atoms. The van der Waals surface area contributed by atoms with Crippen LogP contribution in [0.1, 0.15) is 17.4 Å². The van der Waals surface area contributed by atoms with Crippen LogP contribution in [0.25, 0.3) is 20.9 Å². The number of thiophene rings is 1. The van der Waals surface area contributed by atoms with Gasteiger partial charge in [0.1, 0.15) is 5.60 Å². The van der Waals surface area contributed by atoms with Crippen LogP contribution < -0.4 is 5.32 Å². The van der Waals surface area contributed by atoms with Gasteiger partial charge in [-0.2, -0.15) is 0 Å². The van der Waals surface area contributed by atoms with Crippen molar-refractivity contribution in [1.29, 1.82) is 0 Å². The van der Waals surface area contributed by atoms with E-state index in [0.29, 0.717) is 6.42 Å². The number of carbonyl (C=O) groups is 1. The molecule has 0 saturated heterocycles. The molecule has 27 heavy (non-hydrogen) atoms. The van der Waals surface area contributed by atoms with Crippen molar-refractivity contribution < 1.29 is 9.90 Å². The van der Waals surface area contributed by atoms with E-state index in [1.807, 2.05) is 72.8 Å². The summed E-state index contributed by atoms with van der Waals surface area (Å²) in [6, 6.07) is 24.1. The molecule has 1 aromatic heterocycles. The Morgan fingerprint density at radius 1 is 1.00 bits per heavy atom. The van der Waals surface area contributed by atoms with E-state index < -0.39 is 5.60 Å². The van der Waals surface area contributed by atoms with Crippen LogP contribution in [0.2, 0.25) is 0 Å². The number of benzene rings is 3. The predicted molar refractivity (Wildman–Crippen MR) is 112 cm³/mol. The summed E-state index contributed by atoms with van der Waals surface area (Å²) in [5, 5.41) is 17.1. The molecule has 3 nitrogen and oxygen atoms in total. The van der Waals surface area contributed by atoms with Crippen molar-refractivity contribution >= 4 is 38.1 Å². The van der Waals surface area contributed by atoms with Gasteiger partial charge < -0.3 is 10.4 Å². The second kappa shape index (κ2) is 7.14. The monoisotopic (exact) mass is 375 g/mol. The molecule has 136 valence electrons. The van der Waals surface area contributed by atoms with Crippen molar-refractivity contribution in [2.24, 2.45) is 0 Å². The van der Waals surface area contributed by atoms with Crippen LogP contribution in [0.15, 0.2) is 72.8 Å². The zero-order valence-corrected chi connectivity index (χ0v) is 15.9. The van der Waals surface area contributed by atoms with Crippen LogP contribution >= 0.6 is 11.3 Å². The van der Waals surface area contributed by atoms with E-state index in [2.05, 4.69) is 5.32 Å². The first-order chi connectivity index (χ1) is 13.0. The van der Waals surface area contributed by atoms with Crippen LogP contribution in [-0.2, 0) is 16.8 Å². The predicted octanol–water partition coefficient (Wildman–Crippen LogP) is 4.62. The largest absolute Gasteiger partial charge is 0.383 e. The van der Waals surface area contributed by atoms with Crippen molar-refractivity contribution in [2.45, 2.75) is 18.9 Å². The molecule has 0 saturated carbocycles. The number of hydrogen-bond donors (Lipinski definition) is 2. The summed E-state index contributed by atoms with van der Waals surface area (Å²) in [7, 11) is 0. The fourth-order valence-corrected chi connectivity index (χ4v) is 4.39. The van der Waals surface area contributed by atoms with E-state index >= 15 is 0 Å². The van der Waals surface area contributed by atoms with E-state index in [4.69, 9.17) is 0 Å². The SMILES string of the molecule is CC(O)(CNC(=O)Cc1cccc2ccccc12)c1cc2ccccc2s1. The lowest BCUT2D eigenvalue weighted by atomic mass is 10.0. The lowest BCUT2D eigenvalue weighted by Gasteiger charge is -2.22. The van der Waals surface area contributed by atoms with Gasteiger partial charge in [-0.25, -0.2) is 0 Å². The molecule has 4 heteroatoms. The summed E-state index contributed by atoms with van der Waals surface area (Å²) in [5.41, 5.74) is -0.106. The minimum absolute atomic E-state index is 0.0901. The zero-order valence-electron chi connectivity index (χ0n) is 15.1. The van der Waals surface area contributed by atoms with E-state index in [0.717, 1.165) is 31.3 Å². The number of carbonyl (C=O) groups excluding carboxylic acids is 1. The van der Waals surface area contributed by atoms with Gasteiger partial charge in [-0.1, -0.05) is 60.7 Å². The van der Waals surface area contributed by atoms with Gasteiger partial charge in [0.25, 0.3) is 0 Å². The highest BCUT2D eigenvalue weighted by molar-refractivity contribution is 7.19. The molecule has 0 radical (unpaired) electrons. The summed E-state index contributed by atoms with van der Waals surface area (Å²) in [6.45, 7) is 1.93. The summed E-state index contributed by atoms with van der Waals surface area (Å²) in [4.78, 5) is 13.3. The molecule has 1 heterocycles. The molecule has 1 unspecified atom stereocenters. The maximum Gasteiger partial charge on any atom is 0.224 e. The molecular weight excluding hydrogens is 354 g/mol. The third kappa shape index (κ3) is 3.72. The van der Waals surface area contributed by atoms with Crippen LogP contribution in [0.5, 0.6) is 0 Å². The van der Waals surface area contributed by atoms with Gasteiger partial charge in [-0.3, -0.25) is 4.79 Å². The summed E-state index contributed by atoms with van der Waals surface area (Å²) in [5.74, 6) is -0.0901. The summed E-state index contributed by atoms with van der Waals surface area (Å²) < 4.78 is 1.13. The number of rotatable bonds is 5. The van der Waals surface area contributed by atoms with Crippen LogP contribution in [0.4, 0.5) is 0 Å². The van der Waals surface area contributed by atoms with Gasteiger partial charge in [0, 0.05) is 9.58 Å². The van der Waals surface area contributed by atoms with Gasteiger partial charge in [0.15, 0.2) is 0 Å². The highest BCUT2D eigenvalue weighted by Crippen LogP contribution is 2.32. The molecular formula is C23H21NO2S. The maximum atomic E-state index is 12.5. The van der Waals surface area contributed by atoms with E-state index in [-0.39, 0.29) is 12.5 Å². The van der Waals surface area contributed by atoms with Crippen molar-refractivity contribution in [3.63, 3.8) is 0 Å². The number of hydrogen-bond acceptors (Lipinski definition) is 3. The minimum atomic E-state index is -1.10. The number of fused-ring (bicyclic) bond motifs is 2. The average molecular weight is 375 g/mol. The summed E-state index contributed by atoms with van der Waals surface area (Å²) >= 11 is 1.56. The second-order valence-corrected chi connectivity index (χ2v) is 8.10. The summed E-state index contributed by atoms with van der Waals surface area (Å²) in [6.07, 6.45) is 0.295. The Kier molecular flexibility index (Phi) is 4.68. The van der Waals surface area contributed by atoms with E-state index in [9.17, 15) is 9.90 Å². The Labute approximate surface area is 162 Å². The highest BCUT2D eigenvalue weighted by Gasteiger charge is 2.26. The smallest absolute Gasteiger partial charge is 0.224 e. The molecule has 0 spiro atoms. The molecule has 0 fully saturated rings. The molecule has 0 aliphatic rings. The molecule has 0 aliphatic carbocycles. The van der Waals surface area contributed by atoms with Crippen molar-refractivity contribution in [1.82, 2.24) is 5.32 Å². The number of nitrogens with one attached hydrogen (secondary N) is 1. The minimum Gasteiger partial charge on any atom is -0.383 e. The Morgan fingerprint density at radius 3 is 2.52 bits per heavy atom. The normalized spacial score (nSPS) is 13.6. The highest BCUT2D eigenvalue weighted by atomic mass is 32.1. The fourth-order valence-electron chi connectivity index (χ4n) is 3.29. The second-order valence-electron chi connectivity index (χ2n) is 7.01. The van der Waals surface area contributed by atoms with Crippen molar-refractivity contribution in [2.75, 3.05) is 6.54 Å². The molecule has 4 rings (SSSR count). The Morgan fingerprint density at radius 2 is 1.70 bits per heavy atom. The fraction of sp³-hybridized carbons (Fsp3) is 0.174.